The highest BCUT2D eigenvalue weighted by Crippen LogP contribution is 2.38. The van der Waals surface area contributed by atoms with Crippen LogP contribution < -0.4 is 11.1 Å². The highest BCUT2D eigenvalue weighted by molar-refractivity contribution is 5.83. The van der Waals surface area contributed by atoms with Crippen LogP contribution in [0.1, 0.15) is 55.7 Å². The molecule has 1 atom stereocenters. The SMILES string of the molecule is Cc1cc(C(C)NC(=O)C2(CN)CCCC2)c(C)o1. The van der Waals surface area contributed by atoms with Crippen LogP contribution in [-0.4, -0.2) is 12.5 Å². The molecule has 1 aromatic heterocycles. The maximum absolute atomic E-state index is 12.5. The van der Waals surface area contributed by atoms with Crippen LogP contribution in [0.5, 0.6) is 0 Å². The van der Waals surface area contributed by atoms with Crippen molar-refractivity contribution < 1.29 is 9.21 Å². The van der Waals surface area contributed by atoms with Crippen molar-refractivity contribution in [3.8, 4) is 0 Å². The van der Waals surface area contributed by atoms with E-state index in [4.69, 9.17) is 10.2 Å². The van der Waals surface area contributed by atoms with Gasteiger partial charge in [0.15, 0.2) is 0 Å². The van der Waals surface area contributed by atoms with Gasteiger partial charge in [-0.2, -0.15) is 0 Å². The highest BCUT2D eigenvalue weighted by atomic mass is 16.3. The van der Waals surface area contributed by atoms with Crippen molar-refractivity contribution in [2.45, 2.75) is 52.5 Å². The molecule has 1 aliphatic carbocycles. The molecule has 0 aliphatic heterocycles. The molecule has 1 unspecified atom stereocenters. The number of carbonyl (C=O) groups is 1. The number of rotatable bonds is 4. The summed E-state index contributed by atoms with van der Waals surface area (Å²) in [6, 6.07) is 1.96. The van der Waals surface area contributed by atoms with Crippen LogP contribution >= 0.6 is 0 Å². The standard InChI is InChI=1S/C15H24N2O2/c1-10-8-13(12(3)19-10)11(2)17-14(18)15(9-16)6-4-5-7-15/h8,11H,4-7,9,16H2,1-3H3,(H,17,18). The van der Waals surface area contributed by atoms with Crippen LogP contribution in [0.25, 0.3) is 0 Å². The topological polar surface area (TPSA) is 68.3 Å². The molecule has 4 nitrogen and oxygen atoms in total. The summed E-state index contributed by atoms with van der Waals surface area (Å²) in [6.45, 7) is 6.28. The summed E-state index contributed by atoms with van der Waals surface area (Å²) in [5.41, 5.74) is 6.54. The van der Waals surface area contributed by atoms with Gasteiger partial charge >= 0.3 is 0 Å². The fourth-order valence-corrected chi connectivity index (χ4v) is 3.08. The molecule has 3 N–H and O–H groups in total. The second kappa shape index (κ2) is 5.37. The number of aryl methyl sites for hydroxylation is 2. The number of hydrogen-bond acceptors (Lipinski definition) is 3. The van der Waals surface area contributed by atoms with E-state index in [-0.39, 0.29) is 17.4 Å². The first-order valence-corrected chi connectivity index (χ1v) is 7.06. The lowest BCUT2D eigenvalue weighted by Gasteiger charge is -2.27. The van der Waals surface area contributed by atoms with Gasteiger partial charge in [0.05, 0.1) is 11.5 Å². The van der Waals surface area contributed by atoms with Crippen LogP contribution in [-0.2, 0) is 4.79 Å². The molecule has 1 amide bonds. The molecule has 0 radical (unpaired) electrons. The van der Waals surface area contributed by atoms with E-state index in [2.05, 4.69) is 5.32 Å². The van der Waals surface area contributed by atoms with Crippen LogP contribution in [0.2, 0.25) is 0 Å². The summed E-state index contributed by atoms with van der Waals surface area (Å²) < 4.78 is 5.52. The van der Waals surface area contributed by atoms with Gasteiger partial charge in [0.2, 0.25) is 5.91 Å². The van der Waals surface area contributed by atoms with E-state index in [1.165, 1.54) is 0 Å². The lowest BCUT2D eigenvalue weighted by atomic mass is 9.85. The number of hydrogen-bond donors (Lipinski definition) is 2. The molecule has 1 aromatic rings. The van der Waals surface area contributed by atoms with E-state index in [9.17, 15) is 4.79 Å². The first-order valence-electron chi connectivity index (χ1n) is 7.06. The van der Waals surface area contributed by atoms with Crippen molar-refractivity contribution >= 4 is 5.91 Å². The monoisotopic (exact) mass is 264 g/mol. The first kappa shape index (κ1) is 14.1. The number of amides is 1. The molecule has 0 spiro atoms. The molecular weight excluding hydrogens is 240 g/mol. The lowest BCUT2D eigenvalue weighted by molar-refractivity contribution is -0.131. The van der Waals surface area contributed by atoms with Gasteiger partial charge in [-0.1, -0.05) is 12.8 Å². The summed E-state index contributed by atoms with van der Waals surface area (Å²) in [5.74, 6) is 1.85. The Morgan fingerprint density at radius 3 is 2.58 bits per heavy atom. The molecule has 2 rings (SSSR count). The molecule has 1 aliphatic rings. The fraction of sp³-hybridized carbons (Fsp3) is 0.667. The molecule has 0 saturated heterocycles. The summed E-state index contributed by atoms with van der Waals surface area (Å²) >= 11 is 0. The van der Waals surface area contributed by atoms with Crippen molar-refractivity contribution in [3.05, 3.63) is 23.2 Å². The van der Waals surface area contributed by atoms with E-state index in [0.29, 0.717) is 6.54 Å². The van der Waals surface area contributed by atoms with Crippen molar-refractivity contribution in [1.29, 1.82) is 0 Å². The Morgan fingerprint density at radius 2 is 2.11 bits per heavy atom. The lowest BCUT2D eigenvalue weighted by Crippen LogP contribution is -2.45. The zero-order valence-corrected chi connectivity index (χ0v) is 12.1. The van der Waals surface area contributed by atoms with Crippen molar-refractivity contribution in [2.24, 2.45) is 11.1 Å². The first-order chi connectivity index (χ1) is 8.98. The van der Waals surface area contributed by atoms with Gasteiger partial charge in [0.1, 0.15) is 11.5 Å². The van der Waals surface area contributed by atoms with Crippen molar-refractivity contribution in [3.63, 3.8) is 0 Å². The minimum absolute atomic E-state index is 0.0334. The molecule has 4 heteroatoms. The van der Waals surface area contributed by atoms with E-state index in [0.717, 1.165) is 42.8 Å². The van der Waals surface area contributed by atoms with Gasteiger partial charge in [-0.15, -0.1) is 0 Å². The van der Waals surface area contributed by atoms with Gasteiger partial charge in [-0.3, -0.25) is 4.79 Å². The Hall–Kier alpha value is -1.29. The average molecular weight is 264 g/mol. The van der Waals surface area contributed by atoms with Gasteiger partial charge in [0.25, 0.3) is 0 Å². The fourth-order valence-electron chi connectivity index (χ4n) is 3.08. The summed E-state index contributed by atoms with van der Waals surface area (Å²) in [5, 5.41) is 3.11. The average Bonchev–Trinajstić information content (AvgIpc) is 2.96. The molecule has 0 bridgehead atoms. The number of carbonyl (C=O) groups excluding carboxylic acids is 1. The largest absolute Gasteiger partial charge is 0.466 e. The number of nitrogens with one attached hydrogen (secondary N) is 1. The highest BCUT2D eigenvalue weighted by Gasteiger charge is 2.40. The van der Waals surface area contributed by atoms with Crippen LogP contribution in [0.15, 0.2) is 10.5 Å². The molecule has 1 heterocycles. The smallest absolute Gasteiger partial charge is 0.227 e. The van der Waals surface area contributed by atoms with E-state index in [1.807, 2.05) is 26.8 Å². The third-order valence-corrected chi connectivity index (χ3v) is 4.33. The maximum atomic E-state index is 12.5. The molecule has 106 valence electrons. The molecule has 1 fully saturated rings. The zero-order chi connectivity index (χ0) is 14.0. The minimum atomic E-state index is -0.346. The number of furan rings is 1. The van der Waals surface area contributed by atoms with Crippen LogP contribution in [0.4, 0.5) is 0 Å². The summed E-state index contributed by atoms with van der Waals surface area (Å²) in [6.07, 6.45) is 4.02. The molecule has 1 saturated carbocycles. The van der Waals surface area contributed by atoms with Crippen LogP contribution in [0.3, 0.4) is 0 Å². The van der Waals surface area contributed by atoms with Crippen LogP contribution in [0, 0.1) is 19.3 Å². The van der Waals surface area contributed by atoms with Gasteiger partial charge < -0.3 is 15.5 Å². The van der Waals surface area contributed by atoms with Crippen molar-refractivity contribution in [1.82, 2.24) is 5.32 Å². The zero-order valence-electron chi connectivity index (χ0n) is 12.1. The Bertz CT molecular complexity index is 459. The van der Waals surface area contributed by atoms with Gasteiger partial charge in [0, 0.05) is 12.1 Å². The molecule has 0 aromatic carbocycles. The predicted molar refractivity (Wildman–Crippen MR) is 74.7 cm³/mol. The Kier molecular flexibility index (Phi) is 3.99. The second-order valence-electron chi connectivity index (χ2n) is 5.76. The van der Waals surface area contributed by atoms with Crippen molar-refractivity contribution in [2.75, 3.05) is 6.54 Å². The third kappa shape index (κ3) is 2.68. The van der Waals surface area contributed by atoms with E-state index < -0.39 is 0 Å². The third-order valence-electron chi connectivity index (χ3n) is 4.33. The summed E-state index contributed by atoms with van der Waals surface area (Å²) in [4.78, 5) is 12.5. The predicted octanol–water partition coefficient (Wildman–Crippen LogP) is 2.59. The summed E-state index contributed by atoms with van der Waals surface area (Å²) in [7, 11) is 0. The molecule has 19 heavy (non-hydrogen) atoms. The minimum Gasteiger partial charge on any atom is -0.466 e. The Morgan fingerprint density at radius 1 is 1.47 bits per heavy atom. The normalized spacial score (nSPS) is 19.4. The van der Waals surface area contributed by atoms with E-state index >= 15 is 0 Å². The Labute approximate surface area is 114 Å². The number of nitrogens with two attached hydrogens (primary N) is 1. The van der Waals surface area contributed by atoms with E-state index in [1.54, 1.807) is 0 Å². The quantitative estimate of drug-likeness (QED) is 0.878. The van der Waals surface area contributed by atoms with Gasteiger partial charge in [-0.05, 0) is 39.7 Å². The van der Waals surface area contributed by atoms with Gasteiger partial charge in [-0.25, -0.2) is 0 Å². The molecular formula is C15H24N2O2. The maximum Gasteiger partial charge on any atom is 0.227 e. The Balaban J connectivity index is 2.08. The second-order valence-corrected chi connectivity index (χ2v) is 5.76.